The van der Waals surface area contributed by atoms with Gasteiger partial charge in [0.1, 0.15) is 0 Å². The highest BCUT2D eigenvalue weighted by Crippen LogP contribution is 2.36. The Kier molecular flexibility index (Phi) is 3.67. The van der Waals surface area contributed by atoms with Gasteiger partial charge in [-0.25, -0.2) is 0 Å². The normalized spacial score (nSPS) is 23.6. The highest BCUT2D eigenvalue weighted by atomic mass is 16.7. The molecule has 21 heavy (non-hydrogen) atoms. The minimum atomic E-state index is -0.283. The topological polar surface area (TPSA) is 30.5 Å². The summed E-state index contributed by atoms with van der Waals surface area (Å²) < 4.78 is 12.3. The van der Waals surface area contributed by atoms with Gasteiger partial charge in [-0.1, -0.05) is 18.2 Å². The standard InChI is InChI=1S/C17H26BNO2/c1-12-6-7-14(10-13(12)11-19-15-8-9-15)18-20-16(2,3)17(4,5)21-18/h6-7,10,15,19H,8-9,11H2,1-5H3. The van der Waals surface area contributed by atoms with Gasteiger partial charge in [-0.15, -0.1) is 0 Å². The van der Waals surface area contributed by atoms with E-state index in [-0.39, 0.29) is 18.3 Å². The van der Waals surface area contributed by atoms with E-state index in [1.165, 1.54) is 24.0 Å². The Hall–Kier alpha value is -0.835. The van der Waals surface area contributed by atoms with Crippen molar-refractivity contribution in [2.75, 3.05) is 0 Å². The lowest BCUT2D eigenvalue weighted by atomic mass is 9.78. The molecule has 0 unspecified atom stereocenters. The fourth-order valence-electron chi connectivity index (χ4n) is 2.55. The highest BCUT2D eigenvalue weighted by molar-refractivity contribution is 6.62. The second kappa shape index (κ2) is 5.11. The highest BCUT2D eigenvalue weighted by Gasteiger charge is 2.51. The summed E-state index contributed by atoms with van der Waals surface area (Å²) in [7, 11) is -0.268. The first-order valence-electron chi connectivity index (χ1n) is 7.97. The summed E-state index contributed by atoms with van der Waals surface area (Å²) in [5.74, 6) is 0. The molecule has 3 nitrogen and oxygen atoms in total. The van der Waals surface area contributed by atoms with Crippen LogP contribution in [0, 0.1) is 6.92 Å². The zero-order valence-electron chi connectivity index (χ0n) is 13.8. The number of hydrogen-bond donors (Lipinski definition) is 1. The zero-order chi connectivity index (χ0) is 15.3. The van der Waals surface area contributed by atoms with Crippen LogP contribution >= 0.6 is 0 Å². The van der Waals surface area contributed by atoms with Crippen molar-refractivity contribution < 1.29 is 9.31 Å². The Morgan fingerprint density at radius 3 is 2.33 bits per heavy atom. The van der Waals surface area contributed by atoms with Crippen molar-refractivity contribution >= 4 is 12.6 Å². The van der Waals surface area contributed by atoms with Crippen molar-refractivity contribution in [3.63, 3.8) is 0 Å². The zero-order valence-corrected chi connectivity index (χ0v) is 13.8. The second-order valence-corrected chi connectivity index (χ2v) is 7.43. The van der Waals surface area contributed by atoms with E-state index in [1.54, 1.807) is 0 Å². The predicted octanol–water partition coefficient (Wildman–Crippen LogP) is 2.55. The third-order valence-corrected chi connectivity index (χ3v) is 5.06. The van der Waals surface area contributed by atoms with Crippen molar-refractivity contribution in [2.45, 2.75) is 71.2 Å². The average Bonchev–Trinajstić information content (AvgIpc) is 3.16. The SMILES string of the molecule is Cc1ccc(B2OC(C)(C)C(C)(C)O2)cc1CNC1CC1. The van der Waals surface area contributed by atoms with Crippen molar-refractivity contribution in [1.82, 2.24) is 5.32 Å². The van der Waals surface area contributed by atoms with Gasteiger partial charge in [-0.05, 0) is 64.1 Å². The Morgan fingerprint density at radius 2 is 1.76 bits per heavy atom. The van der Waals surface area contributed by atoms with Crippen LogP contribution in [0.3, 0.4) is 0 Å². The molecule has 1 aliphatic heterocycles. The van der Waals surface area contributed by atoms with E-state index in [0.29, 0.717) is 0 Å². The molecule has 0 bridgehead atoms. The molecule has 1 saturated carbocycles. The van der Waals surface area contributed by atoms with E-state index in [2.05, 4.69) is 58.1 Å². The molecule has 2 aliphatic rings. The second-order valence-electron chi connectivity index (χ2n) is 7.43. The summed E-state index contributed by atoms with van der Waals surface area (Å²) in [5.41, 5.74) is 3.22. The van der Waals surface area contributed by atoms with Crippen LogP contribution in [-0.2, 0) is 15.9 Å². The van der Waals surface area contributed by atoms with Crippen LogP contribution in [-0.4, -0.2) is 24.4 Å². The minimum Gasteiger partial charge on any atom is -0.399 e. The molecular weight excluding hydrogens is 261 g/mol. The summed E-state index contributed by atoms with van der Waals surface area (Å²) in [6.07, 6.45) is 2.63. The Labute approximate surface area is 128 Å². The summed E-state index contributed by atoms with van der Waals surface area (Å²) >= 11 is 0. The molecular formula is C17H26BNO2. The number of hydrogen-bond acceptors (Lipinski definition) is 3. The van der Waals surface area contributed by atoms with Crippen molar-refractivity contribution in [1.29, 1.82) is 0 Å². The number of benzene rings is 1. The molecule has 1 saturated heterocycles. The number of rotatable bonds is 4. The molecule has 0 spiro atoms. The molecule has 2 fully saturated rings. The molecule has 1 aromatic carbocycles. The third kappa shape index (κ3) is 3.03. The summed E-state index contributed by atoms with van der Waals surface area (Å²) in [5, 5.41) is 3.58. The van der Waals surface area contributed by atoms with Gasteiger partial charge in [0, 0.05) is 12.6 Å². The summed E-state index contributed by atoms with van der Waals surface area (Å²) in [4.78, 5) is 0. The fraction of sp³-hybridized carbons (Fsp3) is 0.647. The molecule has 0 radical (unpaired) electrons. The predicted molar refractivity (Wildman–Crippen MR) is 86.8 cm³/mol. The lowest BCUT2D eigenvalue weighted by molar-refractivity contribution is 0.00578. The molecule has 0 atom stereocenters. The monoisotopic (exact) mass is 287 g/mol. The van der Waals surface area contributed by atoms with Gasteiger partial charge in [0.2, 0.25) is 0 Å². The molecule has 0 amide bonds. The first-order valence-corrected chi connectivity index (χ1v) is 7.97. The molecule has 3 rings (SSSR count). The maximum Gasteiger partial charge on any atom is 0.494 e. The minimum absolute atomic E-state index is 0.268. The van der Waals surface area contributed by atoms with Crippen LogP contribution in [0.25, 0.3) is 0 Å². The lowest BCUT2D eigenvalue weighted by Crippen LogP contribution is -2.41. The Balaban J connectivity index is 1.78. The number of nitrogens with one attached hydrogen (secondary N) is 1. The van der Waals surface area contributed by atoms with Gasteiger partial charge < -0.3 is 14.6 Å². The van der Waals surface area contributed by atoms with E-state index in [0.717, 1.165) is 18.0 Å². The van der Waals surface area contributed by atoms with Gasteiger partial charge in [-0.2, -0.15) is 0 Å². The number of aryl methyl sites for hydroxylation is 1. The van der Waals surface area contributed by atoms with Gasteiger partial charge in [0.25, 0.3) is 0 Å². The van der Waals surface area contributed by atoms with Crippen LogP contribution in [0.1, 0.15) is 51.7 Å². The van der Waals surface area contributed by atoms with Gasteiger partial charge in [0.15, 0.2) is 0 Å². The van der Waals surface area contributed by atoms with Crippen molar-refractivity contribution in [2.24, 2.45) is 0 Å². The van der Waals surface area contributed by atoms with E-state index >= 15 is 0 Å². The van der Waals surface area contributed by atoms with Crippen LogP contribution < -0.4 is 10.8 Å². The largest absolute Gasteiger partial charge is 0.494 e. The quantitative estimate of drug-likeness (QED) is 0.863. The first-order chi connectivity index (χ1) is 9.78. The van der Waals surface area contributed by atoms with E-state index in [9.17, 15) is 0 Å². The first kappa shape index (κ1) is 15.1. The Morgan fingerprint density at radius 1 is 1.14 bits per heavy atom. The Bertz CT molecular complexity index is 522. The lowest BCUT2D eigenvalue weighted by Gasteiger charge is -2.32. The van der Waals surface area contributed by atoms with Crippen LogP contribution in [0.5, 0.6) is 0 Å². The van der Waals surface area contributed by atoms with Crippen molar-refractivity contribution in [3.05, 3.63) is 29.3 Å². The smallest absolute Gasteiger partial charge is 0.399 e. The van der Waals surface area contributed by atoms with Crippen LogP contribution in [0.2, 0.25) is 0 Å². The summed E-state index contributed by atoms with van der Waals surface area (Å²) in [6.45, 7) is 11.5. The molecule has 4 heteroatoms. The van der Waals surface area contributed by atoms with Gasteiger partial charge in [-0.3, -0.25) is 0 Å². The molecule has 114 valence electrons. The van der Waals surface area contributed by atoms with E-state index in [4.69, 9.17) is 9.31 Å². The molecule has 1 heterocycles. The van der Waals surface area contributed by atoms with Crippen LogP contribution in [0.4, 0.5) is 0 Å². The molecule has 1 N–H and O–H groups in total. The molecule has 0 aromatic heterocycles. The van der Waals surface area contributed by atoms with E-state index < -0.39 is 0 Å². The maximum atomic E-state index is 6.14. The third-order valence-electron chi connectivity index (χ3n) is 5.06. The van der Waals surface area contributed by atoms with Gasteiger partial charge in [0.05, 0.1) is 11.2 Å². The molecule has 1 aromatic rings. The van der Waals surface area contributed by atoms with E-state index in [1.807, 2.05) is 0 Å². The maximum absolute atomic E-state index is 6.14. The van der Waals surface area contributed by atoms with Gasteiger partial charge >= 0.3 is 7.12 Å². The van der Waals surface area contributed by atoms with Crippen molar-refractivity contribution in [3.8, 4) is 0 Å². The van der Waals surface area contributed by atoms with Crippen LogP contribution in [0.15, 0.2) is 18.2 Å². The molecule has 1 aliphatic carbocycles. The summed E-state index contributed by atoms with van der Waals surface area (Å²) in [6, 6.07) is 7.25. The fourth-order valence-corrected chi connectivity index (χ4v) is 2.55. The average molecular weight is 287 g/mol.